The Morgan fingerprint density at radius 2 is 2.16 bits per heavy atom. The molecule has 19 heavy (non-hydrogen) atoms. The first-order chi connectivity index (χ1) is 9.18. The second kappa shape index (κ2) is 7.17. The molecular weight excluding hydrogens is 326 g/mol. The topological polar surface area (TPSA) is 58.4 Å². The predicted molar refractivity (Wildman–Crippen MR) is 84.7 cm³/mol. The van der Waals surface area contributed by atoms with Gasteiger partial charge in [-0.25, -0.2) is 0 Å². The third-order valence-electron chi connectivity index (χ3n) is 3.09. The van der Waals surface area contributed by atoms with Gasteiger partial charge in [-0.05, 0) is 28.1 Å². The summed E-state index contributed by atoms with van der Waals surface area (Å²) in [5.74, 6) is 2.30. The SMILES string of the molecule is Nc1cccc(C(=O)NCCN2CCSCC2)c1Br. The van der Waals surface area contributed by atoms with E-state index in [0.29, 0.717) is 22.3 Å². The van der Waals surface area contributed by atoms with Gasteiger partial charge in [0, 0.05) is 43.4 Å². The Kier molecular flexibility index (Phi) is 5.54. The standard InChI is InChI=1S/C13H18BrN3OS/c14-12-10(2-1-3-11(12)15)13(18)16-4-5-17-6-8-19-9-7-17/h1-3H,4-9,15H2,(H,16,18). The highest BCUT2D eigenvalue weighted by Crippen LogP contribution is 2.23. The number of benzene rings is 1. The largest absolute Gasteiger partial charge is 0.398 e. The van der Waals surface area contributed by atoms with Crippen molar-refractivity contribution in [3.8, 4) is 0 Å². The van der Waals surface area contributed by atoms with Crippen LogP contribution in [0.2, 0.25) is 0 Å². The Hall–Kier alpha value is -0.720. The Morgan fingerprint density at radius 1 is 1.42 bits per heavy atom. The zero-order valence-corrected chi connectivity index (χ0v) is 13.1. The summed E-state index contributed by atoms with van der Waals surface area (Å²) in [6.45, 7) is 3.81. The van der Waals surface area contributed by atoms with Gasteiger partial charge in [-0.3, -0.25) is 9.69 Å². The number of carbonyl (C=O) groups excluding carboxylic acids is 1. The van der Waals surface area contributed by atoms with Crippen molar-refractivity contribution in [2.45, 2.75) is 0 Å². The molecule has 1 heterocycles. The maximum Gasteiger partial charge on any atom is 0.252 e. The minimum Gasteiger partial charge on any atom is -0.398 e. The van der Waals surface area contributed by atoms with Crippen LogP contribution in [0.4, 0.5) is 5.69 Å². The van der Waals surface area contributed by atoms with Gasteiger partial charge in [0.1, 0.15) is 0 Å². The van der Waals surface area contributed by atoms with E-state index in [9.17, 15) is 4.79 Å². The number of hydrogen-bond donors (Lipinski definition) is 2. The summed E-state index contributed by atoms with van der Waals surface area (Å²) in [5.41, 5.74) is 6.94. The normalized spacial score (nSPS) is 16.3. The number of rotatable bonds is 4. The summed E-state index contributed by atoms with van der Waals surface area (Å²) in [4.78, 5) is 14.4. The zero-order chi connectivity index (χ0) is 13.7. The summed E-state index contributed by atoms with van der Waals surface area (Å²) >= 11 is 5.34. The molecular formula is C13H18BrN3OS. The molecule has 0 aromatic heterocycles. The molecule has 1 aromatic carbocycles. The van der Waals surface area contributed by atoms with Crippen LogP contribution in [0.5, 0.6) is 0 Å². The van der Waals surface area contributed by atoms with Crippen LogP contribution in [-0.4, -0.2) is 48.5 Å². The van der Waals surface area contributed by atoms with E-state index in [2.05, 4.69) is 26.1 Å². The third-order valence-corrected chi connectivity index (χ3v) is 4.92. The molecule has 0 spiro atoms. The van der Waals surface area contributed by atoms with Crippen molar-refractivity contribution in [3.05, 3.63) is 28.2 Å². The van der Waals surface area contributed by atoms with Crippen LogP contribution in [0.3, 0.4) is 0 Å². The molecule has 6 heteroatoms. The van der Waals surface area contributed by atoms with E-state index in [-0.39, 0.29) is 5.91 Å². The molecule has 1 aliphatic heterocycles. The summed E-state index contributed by atoms with van der Waals surface area (Å²) in [7, 11) is 0. The zero-order valence-electron chi connectivity index (χ0n) is 10.7. The monoisotopic (exact) mass is 343 g/mol. The highest BCUT2D eigenvalue weighted by Gasteiger charge is 2.13. The van der Waals surface area contributed by atoms with Gasteiger partial charge in [0.05, 0.1) is 10.0 Å². The minimum atomic E-state index is -0.0782. The van der Waals surface area contributed by atoms with E-state index in [4.69, 9.17) is 5.73 Å². The first-order valence-electron chi connectivity index (χ1n) is 6.31. The molecule has 0 saturated carbocycles. The average Bonchev–Trinajstić information content (AvgIpc) is 2.43. The number of nitrogens with two attached hydrogens (primary N) is 1. The van der Waals surface area contributed by atoms with Crippen molar-refractivity contribution in [1.82, 2.24) is 10.2 Å². The lowest BCUT2D eigenvalue weighted by Gasteiger charge is -2.26. The maximum atomic E-state index is 12.0. The van der Waals surface area contributed by atoms with E-state index in [0.717, 1.165) is 19.6 Å². The number of nitrogen functional groups attached to an aromatic ring is 1. The molecule has 4 nitrogen and oxygen atoms in total. The lowest BCUT2D eigenvalue weighted by atomic mass is 10.2. The van der Waals surface area contributed by atoms with E-state index in [1.165, 1.54) is 11.5 Å². The van der Waals surface area contributed by atoms with Gasteiger partial charge in [-0.1, -0.05) is 6.07 Å². The predicted octanol–water partition coefficient (Wildman–Crippen LogP) is 1.81. The molecule has 0 atom stereocenters. The molecule has 0 unspecified atom stereocenters. The Balaban J connectivity index is 1.82. The third kappa shape index (κ3) is 4.12. The Bertz CT molecular complexity index is 450. The maximum absolute atomic E-state index is 12.0. The Labute approximate surface area is 126 Å². The molecule has 1 aliphatic rings. The van der Waals surface area contributed by atoms with Gasteiger partial charge in [0.15, 0.2) is 0 Å². The highest BCUT2D eigenvalue weighted by atomic mass is 79.9. The quantitative estimate of drug-likeness (QED) is 0.818. The van der Waals surface area contributed by atoms with E-state index < -0.39 is 0 Å². The summed E-state index contributed by atoms with van der Waals surface area (Å²) in [6, 6.07) is 5.33. The number of amides is 1. The summed E-state index contributed by atoms with van der Waals surface area (Å²) in [6.07, 6.45) is 0. The molecule has 1 saturated heterocycles. The molecule has 0 bridgehead atoms. The van der Waals surface area contributed by atoms with Crippen LogP contribution in [-0.2, 0) is 0 Å². The van der Waals surface area contributed by atoms with Crippen LogP contribution in [0, 0.1) is 0 Å². The lowest BCUT2D eigenvalue weighted by Crippen LogP contribution is -2.39. The van der Waals surface area contributed by atoms with Gasteiger partial charge >= 0.3 is 0 Å². The first-order valence-corrected chi connectivity index (χ1v) is 8.25. The molecule has 1 aromatic rings. The fourth-order valence-corrected chi connectivity index (χ4v) is 3.40. The van der Waals surface area contributed by atoms with Crippen LogP contribution >= 0.6 is 27.7 Å². The highest BCUT2D eigenvalue weighted by molar-refractivity contribution is 9.10. The van der Waals surface area contributed by atoms with Crippen LogP contribution in [0.25, 0.3) is 0 Å². The molecule has 3 N–H and O–H groups in total. The number of anilines is 1. The molecule has 104 valence electrons. The number of hydrogen-bond acceptors (Lipinski definition) is 4. The Morgan fingerprint density at radius 3 is 2.89 bits per heavy atom. The van der Waals surface area contributed by atoms with Gasteiger partial charge in [-0.2, -0.15) is 11.8 Å². The lowest BCUT2D eigenvalue weighted by molar-refractivity contribution is 0.0948. The van der Waals surface area contributed by atoms with Gasteiger partial charge < -0.3 is 11.1 Å². The van der Waals surface area contributed by atoms with Crippen molar-refractivity contribution in [2.75, 3.05) is 43.4 Å². The fraction of sp³-hybridized carbons (Fsp3) is 0.462. The van der Waals surface area contributed by atoms with Crippen molar-refractivity contribution < 1.29 is 4.79 Å². The smallest absolute Gasteiger partial charge is 0.252 e. The second-order valence-corrected chi connectivity index (χ2v) is 6.44. The number of halogens is 1. The van der Waals surface area contributed by atoms with Crippen LogP contribution in [0.15, 0.2) is 22.7 Å². The van der Waals surface area contributed by atoms with Crippen molar-refractivity contribution in [1.29, 1.82) is 0 Å². The van der Waals surface area contributed by atoms with Crippen molar-refractivity contribution in [3.63, 3.8) is 0 Å². The number of nitrogens with one attached hydrogen (secondary N) is 1. The van der Waals surface area contributed by atoms with E-state index >= 15 is 0 Å². The molecule has 0 radical (unpaired) electrons. The minimum absolute atomic E-state index is 0.0782. The van der Waals surface area contributed by atoms with E-state index in [1.54, 1.807) is 18.2 Å². The summed E-state index contributed by atoms with van der Waals surface area (Å²) < 4.78 is 0.668. The molecule has 0 aliphatic carbocycles. The first kappa shape index (κ1) is 14.7. The fourth-order valence-electron chi connectivity index (χ4n) is 1.97. The van der Waals surface area contributed by atoms with Crippen LogP contribution in [0.1, 0.15) is 10.4 Å². The van der Waals surface area contributed by atoms with Gasteiger partial charge in [0.2, 0.25) is 0 Å². The van der Waals surface area contributed by atoms with Crippen molar-refractivity contribution >= 4 is 39.3 Å². The number of thioether (sulfide) groups is 1. The van der Waals surface area contributed by atoms with Crippen molar-refractivity contribution in [2.24, 2.45) is 0 Å². The number of carbonyl (C=O) groups is 1. The van der Waals surface area contributed by atoms with Gasteiger partial charge in [0.25, 0.3) is 5.91 Å². The van der Waals surface area contributed by atoms with Crippen LogP contribution < -0.4 is 11.1 Å². The second-order valence-electron chi connectivity index (χ2n) is 4.42. The number of nitrogens with zero attached hydrogens (tertiary/aromatic N) is 1. The average molecular weight is 344 g/mol. The molecule has 1 fully saturated rings. The summed E-state index contributed by atoms with van der Waals surface area (Å²) in [5, 5.41) is 2.94. The molecule has 2 rings (SSSR count). The van der Waals surface area contributed by atoms with E-state index in [1.807, 2.05) is 11.8 Å². The molecule has 1 amide bonds. The van der Waals surface area contributed by atoms with Gasteiger partial charge in [-0.15, -0.1) is 0 Å².